The van der Waals surface area contributed by atoms with Crippen molar-refractivity contribution in [1.82, 2.24) is 9.36 Å². The Bertz CT molecular complexity index is 686. The number of carboxylic acids is 1. The van der Waals surface area contributed by atoms with Crippen LogP contribution in [0.4, 0.5) is 15.6 Å². The number of nitrogens with one attached hydrogen (secondary N) is 2. The zero-order chi connectivity index (χ0) is 15.4. The highest BCUT2D eigenvalue weighted by molar-refractivity contribution is 7.09. The van der Waals surface area contributed by atoms with Crippen molar-refractivity contribution >= 4 is 34.4 Å². The van der Waals surface area contributed by atoms with E-state index in [1.165, 1.54) is 19.2 Å². The normalized spacial score (nSPS) is 10.0. The van der Waals surface area contributed by atoms with Crippen molar-refractivity contribution in [2.45, 2.75) is 6.92 Å². The number of urea groups is 1. The summed E-state index contributed by atoms with van der Waals surface area (Å²) in [7, 11) is 1.43. The summed E-state index contributed by atoms with van der Waals surface area (Å²) in [6, 6.07) is 3.73. The van der Waals surface area contributed by atoms with Crippen LogP contribution in [0.25, 0.3) is 0 Å². The lowest BCUT2D eigenvalue weighted by Crippen LogP contribution is -2.21. The van der Waals surface area contributed by atoms with Crippen LogP contribution in [0.15, 0.2) is 18.2 Å². The number of nitrogens with zero attached hydrogens (tertiary/aromatic N) is 2. The molecule has 1 aromatic heterocycles. The molecule has 0 saturated heterocycles. The number of aromatic carboxylic acids is 1. The maximum absolute atomic E-state index is 11.8. The van der Waals surface area contributed by atoms with Crippen LogP contribution in [0.5, 0.6) is 5.75 Å². The number of aryl methyl sites for hydroxylation is 1. The molecule has 0 radical (unpaired) electrons. The maximum atomic E-state index is 11.8. The first-order valence-corrected chi connectivity index (χ1v) is 6.56. The maximum Gasteiger partial charge on any atom is 0.337 e. The van der Waals surface area contributed by atoms with Gasteiger partial charge in [0, 0.05) is 11.5 Å². The molecular formula is C12H12N4O4S. The Balaban J connectivity index is 2.14. The molecule has 2 aromatic rings. The molecule has 0 aliphatic carbocycles. The number of methoxy groups -OCH3 is 1. The van der Waals surface area contributed by atoms with Crippen LogP contribution in [0.1, 0.15) is 16.2 Å². The number of carbonyl (C=O) groups excluding carboxylic acids is 1. The predicted molar refractivity (Wildman–Crippen MR) is 77.2 cm³/mol. The Kier molecular flexibility index (Phi) is 4.33. The van der Waals surface area contributed by atoms with E-state index in [0.29, 0.717) is 16.7 Å². The Morgan fingerprint density at radius 2 is 2.10 bits per heavy atom. The van der Waals surface area contributed by atoms with Crippen LogP contribution in [-0.4, -0.2) is 33.6 Å². The first kappa shape index (κ1) is 14.7. The van der Waals surface area contributed by atoms with Crippen LogP contribution in [-0.2, 0) is 0 Å². The first-order valence-electron chi connectivity index (χ1n) is 5.79. The molecule has 110 valence electrons. The Labute approximate surface area is 123 Å². The third-order valence-electron chi connectivity index (χ3n) is 2.45. The molecule has 0 saturated carbocycles. The van der Waals surface area contributed by atoms with Crippen molar-refractivity contribution in [3.8, 4) is 5.75 Å². The van der Waals surface area contributed by atoms with Crippen LogP contribution in [0, 0.1) is 6.92 Å². The van der Waals surface area contributed by atoms with Crippen molar-refractivity contribution in [3.05, 3.63) is 29.6 Å². The Morgan fingerprint density at radius 1 is 1.33 bits per heavy atom. The average molecular weight is 308 g/mol. The zero-order valence-electron chi connectivity index (χ0n) is 11.2. The van der Waals surface area contributed by atoms with Crippen LogP contribution in [0.3, 0.4) is 0 Å². The van der Waals surface area contributed by atoms with Gasteiger partial charge in [0.25, 0.3) is 0 Å². The summed E-state index contributed by atoms with van der Waals surface area (Å²) >= 11 is 1.04. The number of carbonyl (C=O) groups is 2. The van der Waals surface area contributed by atoms with Gasteiger partial charge in [-0.25, -0.2) is 14.6 Å². The highest BCUT2D eigenvalue weighted by Crippen LogP contribution is 2.22. The second-order valence-electron chi connectivity index (χ2n) is 3.94. The van der Waals surface area contributed by atoms with E-state index in [1.54, 1.807) is 13.0 Å². The number of ether oxygens (including phenoxy) is 1. The summed E-state index contributed by atoms with van der Waals surface area (Å²) in [5, 5.41) is 14.4. The number of carboxylic acid groups (broad SMARTS) is 1. The topological polar surface area (TPSA) is 113 Å². The number of rotatable bonds is 4. The van der Waals surface area contributed by atoms with Gasteiger partial charge in [-0.05, 0) is 25.1 Å². The molecule has 9 heteroatoms. The molecule has 0 atom stereocenters. The fraction of sp³-hybridized carbons (Fsp3) is 0.167. The van der Waals surface area contributed by atoms with Gasteiger partial charge < -0.3 is 15.2 Å². The van der Waals surface area contributed by atoms with Gasteiger partial charge in [0.15, 0.2) is 0 Å². The summed E-state index contributed by atoms with van der Waals surface area (Å²) in [6.07, 6.45) is 0. The minimum absolute atomic E-state index is 0.0713. The molecule has 0 aliphatic rings. The van der Waals surface area contributed by atoms with E-state index in [2.05, 4.69) is 20.0 Å². The summed E-state index contributed by atoms with van der Waals surface area (Å²) in [4.78, 5) is 27.0. The quantitative estimate of drug-likeness (QED) is 0.798. The molecule has 8 nitrogen and oxygen atoms in total. The van der Waals surface area contributed by atoms with Gasteiger partial charge in [0.1, 0.15) is 11.6 Å². The number of amides is 2. The van der Waals surface area contributed by atoms with Crippen LogP contribution < -0.4 is 15.4 Å². The van der Waals surface area contributed by atoms with Crippen molar-refractivity contribution in [2.24, 2.45) is 0 Å². The van der Waals surface area contributed by atoms with E-state index in [0.717, 1.165) is 11.5 Å². The van der Waals surface area contributed by atoms with Crippen molar-refractivity contribution in [3.63, 3.8) is 0 Å². The minimum Gasteiger partial charge on any atom is -0.497 e. The monoisotopic (exact) mass is 308 g/mol. The molecular weight excluding hydrogens is 296 g/mol. The number of anilines is 2. The third-order valence-corrected chi connectivity index (χ3v) is 3.18. The second-order valence-corrected chi connectivity index (χ2v) is 4.69. The molecule has 0 unspecified atom stereocenters. The fourth-order valence-electron chi connectivity index (χ4n) is 1.53. The van der Waals surface area contributed by atoms with E-state index >= 15 is 0 Å². The van der Waals surface area contributed by atoms with Crippen LogP contribution >= 0.6 is 11.5 Å². The van der Waals surface area contributed by atoms with Gasteiger partial charge in [-0.2, -0.15) is 4.37 Å². The van der Waals surface area contributed by atoms with Gasteiger partial charge in [-0.15, -0.1) is 0 Å². The molecule has 1 aromatic carbocycles. The predicted octanol–water partition coefficient (Wildman–Crippen LogP) is 2.20. The standard InChI is InChI=1S/C12H12N4O4S/c1-6-13-12(21-16-6)15-11(19)14-9-4-3-7(20-2)5-8(9)10(17)18/h3-5H,1-2H3,(H,17,18)(H2,13,14,15,16,19). The summed E-state index contributed by atoms with van der Waals surface area (Å²) in [6.45, 7) is 1.70. The molecule has 3 N–H and O–H groups in total. The van der Waals surface area contributed by atoms with Crippen molar-refractivity contribution in [1.29, 1.82) is 0 Å². The summed E-state index contributed by atoms with van der Waals surface area (Å²) in [5.41, 5.74) is 0.0833. The van der Waals surface area contributed by atoms with E-state index in [4.69, 9.17) is 9.84 Å². The van der Waals surface area contributed by atoms with Gasteiger partial charge in [-0.1, -0.05) is 0 Å². The van der Waals surface area contributed by atoms with Gasteiger partial charge in [-0.3, -0.25) is 5.32 Å². The zero-order valence-corrected chi connectivity index (χ0v) is 12.0. The lowest BCUT2D eigenvalue weighted by atomic mass is 10.1. The SMILES string of the molecule is COc1ccc(NC(=O)Nc2nc(C)ns2)c(C(=O)O)c1. The lowest BCUT2D eigenvalue weighted by molar-refractivity contribution is 0.0697. The minimum atomic E-state index is -1.17. The first-order chi connectivity index (χ1) is 9.99. The average Bonchev–Trinajstić information content (AvgIpc) is 2.84. The van der Waals surface area contributed by atoms with E-state index in [1.807, 2.05) is 0 Å². The largest absolute Gasteiger partial charge is 0.497 e. The molecule has 21 heavy (non-hydrogen) atoms. The van der Waals surface area contributed by atoms with E-state index in [-0.39, 0.29) is 11.3 Å². The lowest BCUT2D eigenvalue weighted by Gasteiger charge is -2.09. The van der Waals surface area contributed by atoms with Gasteiger partial charge in [0.05, 0.1) is 18.4 Å². The van der Waals surface area contributed by atoms with Crippen LogP contribution in [0.2, 0.25) is 0 Å². The fourth-order valence-corrected chi connectivity index (χ4v) is 2.11. The smallest absolute Gasteiger partial charge is 0.337 e. The molecule has 1 heterocycles. The molecule has 2 amide bonds. The van der Waals surface area contributed by atoms with E-state index in [9.17, 15) is 9.59 Å². The number of benzene rings is 1. The molecule has 0 bridgehead atoms. The third kappa shape index (κ3) is 3.66. The molecule has 0 spiro atoms. The second kappa shape index (κ2) is 6.18. The van der Waals surface area contributed by atoms with E-state index < -0.39 is 12.0 Å². The molecule has 2 rings (SSSR count). The van der Waals surface area contributed by atoms with Gasteiger partial charge >= 0.3 is 12.0 Å². The molecule has 0 fully saturated rings. The summed E-state index contributed by atoms with van der Waals surface area (Å²) in [5.74, 6) is -0.236. The Hall–Kier alpha value is -2.68. The van der Waals surface area contributed by atoms with Crippen molar-refractivity contribution < 1.29 is 19.4 Å². The van der Waals surface area contributed by atoms with Crippen molar-refractivity contribution in [2.75, 3.05) is 17.7 Å². The number of hydrogen-bond acceptors (Lipinski definition) is 6. The van der Waals surface area contributed by atoms with Gasteiger partial charge in [0.2, 0.25) is 5.13 Å². The highest BCUT2D eigenvalue weighted by Gasteiger charge is 2.14. The Morgan fingerprint density at radius 3 is 2.67 bits per heavy atom. The number of aromatic nitrogens is 2. The molecule has 0 aliphatic heterocycles. The summed E-state index contributed by atoms with van der Waals surface area (Å²) < 4.78 is 8.88. The number of hydrogen-bond donors (Lipinski definition) is 3. The highest BCUT2D eigenvalue weighted by atomic mass is 32.1.